The van der Waals surface area contributed by atoms with Gasteiger partial charge in [-0.25, -0.2) is 23.1 Å². The normalized spacial score (nSPS) is 16.4. The molecule has 74 heavy (non-hydrogen) atoms. The number of carbonyl (C=O) groups excluding carboxylic acids is 5. The van der Waals surface area contributed by atoms with E-state index >= 15 is 0 Å². The number of amides is 5. The van der Waals surface area contributed by atoms with E-state index < -0.39 is 45.6 Å². The maximum absolute atomic E-state index is 13.6. The zero-order valence-electron chi connectivity index (χ0n) is 40.4. The van der Waals surface area contributed by atoms with Crippen molar-refractivity contribution in [3.05, 3.63) is 102 Å². The highest BCUT2D eigenvalue weighted by Crippen LogP contribution is 2.32. The second-order valence-electron chi connectivity index (χ2n) is 17.0. The molecule has 392 valence electrons. The standard InChI is InChI=1S/C48H57N13O12S/c49-44-43(46(64)53-34-3-2-12-50-29-34)54-39(30-52-44)33-6-8-36(9-7-33)74(67,68)60-16-14-58(15-17-60)31-35-32-59(57-56-35)18-20-70-22-24-72-26-28-73-27-25-71-23-21-69-19-13-51-38-5-1-4-37-42(38)48(66)61(47(37)65)40-10-11-41(62)55-45(40)63/h1-9,12,29-30,32,40,51H,10-11,13-28,31H2,(H2,49,52)(H,53,64)(H,55,62,63). The van der Waals surface area contributed by atoms with Crippen LogP contribution in [0.25, 0.3) is 11.3 Å². The number of carbonyl (C=O) groups is 5. The number of hydrogen-bond acceptors (Lipinski definition) is 20. The number of fused-ring (bicyclic) bond motifs is 1. The molecule has 0 spiro atoms. The first kappa shape index (κ1) is 53.1. The number of nitrogens with one attached hydrogen (secondary N) is 3. The number of piperidine rings is 1. The SMILES string of the molecule is Nc1ncc(-c2ccc(S(=O)(=O)N3CCN(Cc4cn(CCOCCOCCOCCOCCOCCNc5cccc6c5C(=O)N(C5CCC(=O)NC5=O)C6=O)nn4)CC3)cc2)nc1C(=O)Nc1cccnc1. The van der Waals surface area contributed by atoms with Crippen LogP contribution in [0.1, 0.15) is 49.7 Å². The van der Waals surface area contributed by atoms with Gasteiger partial charge in [0, 0.05) is 69.3 Å². The Labute approximate surface area is 426 Å². The van der Waals surface area contributed by atoms with Crippen LogP contribution >= 0.6 is 0 Å². The van der Waals surface area contributed by atoms with Crippen molar-refractivity contribution in [2.75, 3.05) is 115 Å². The lowest BCUT2D eigenvalue weighted by molar-refractivity contribution is -0.136. The van der Waals surface area contributed by atoms with Gasteiger partial charge in [-0.3, -0.25) is 44.1 Å². The van der Waals surface area contributed by atoms with Gasteiger partial charge in [-0.2, -0.15) is 4.31 Å². The molecule has 25 nitrogen and oxygen atoms in total. The summed E-state index contributed by atoms with van der Waals surface area (Å²) in [5, 5.41) is 16.5. The number of piperazine rings is 1. The second-order valence-corrected chi connectivity index (χ2v) is 19.0. The van der Waals surface area contributed by atoms with E-state index in [9.17, 15) is 32.4 Å². The molecule has 6 heterocycles. The van der Waals surface area contributed by atoms with Gasteiger partial charge in [0.15, 0.2) is 11.5 Å². The van der Waals surface area contributed by atoms with Crippen molar-refractivity contribution in [3.8, 4) is 11.3 Å². The fourth-order valence-corrected chi connectivity index (χ4v) is 9.64. The number of imide groups is 2. The van der Waals surface area contributed by atoms with E-state index in [1.54, 1.807) is 53.3 Å². The van der Waals surface area contributed by atoms with E-state index in [0.717, 1.165) is 10.6 Å². The maximum Gasteiger partial charge on any atom is 0.278 e. The fourth-order valence-electron chi connectivity index (χ4n) is 8.22. The largest absolute Gasteiger partial charge is 0.382 e. The zero-order chi connectivity index (χ0) is 51.9. The number of hydrogen-bond donors (Lipinski definition) is 4. The summed E-state index contributed by atoms with van der Waals surface area (Å²) >= 11 is 0. The Morgan fingerprint density at radius 2 is 1.49 bits per heavy atom. The number of rotatable bonds is 27. The average molecular weight is 1040 g/mol. The number of pyridine rings is 1. The molecule has 1 atom stereocenters. The summed E-state index contributed by atoms with van der Waals surface area (Å²) in [5.41, 5.74) is 8.91. The molecule has 8 rings (SSSR count). The lowest BCUT2D eigenvalue weighted by atomic mass is 10.0. The van der Waals surface area contributed by atoms with E-state index in [0.29, 0.717) is 135 Å². The van der Waals surface area contributed by atoms with E-state index in [2.05, 4.69) is 46.1 Å². The molecule has 1 unspecified atom stereocenters. The van der Waals surface area contributed by atoms with Gasteiger partial charge in [-0.15, -0.1) is 5.10 Å². The molecule has 3 aliphatic rings. The molecule has 0 radical (unpaired) electrons. The quantitative estimate of drug-likeness (QED) is 0.0422. The van der Waals surface area contributed by atoms with Crippen LogP contribution in [0, 0.1) is 0 Å². The molecular weight excluding hydrogens is 983 g/mol. The minimum absolute atomic E-state index is 0.0452. The number of benzene rings is 2. The molecule has 3 aromatic heterocycles. The minimum atomic E-state index is -3.77. The highest BCUT2D eigenvalue weighted by Gasteiger charge is 2.45. The van der Waals surface area contributed by atoms with Gasteiger partial charge in [0.1, 0.15) is 6.04 Å². The summed E-state index contributed by atoms with van der Waals surface area (Å²) in [6, 6.07) is 13.5. The number of nitrogens with two attached hydrogens (primary N) is 1. The first-order chi connectivity index (χ1) is 36.0. The first-order valence-corrected chi connectivity index (χ1v) is 25.4. The van der Waals surface area contributed by atoms with Gasteiger partial charge >= 0.3 is 0 Å². The molecule has 2 saturated heterocycles. The summed E-state index contributed by atoms with van der Waals surface area (Å²) in [5.74, 6) is -2.82. The van der Waals surface area contributed by atoms with Crippen LogP contribution in [0.2, 0.25) is 0 Å². The van der Waals surface area contributed by atoms with Crippen molar-refractivity contribution in [1.82, 2.24) is 49.4 Å². The lowest BCUT2D eigenvalue weighted by Gasteiger charge is -2.33. The van der Waals surface area contributed by atoms with Crippen LogP contribution in [-0.4, -0.2) is 187 Å². The number of aromatic nitrogens is 6. The van der Waals surface area contributed by atoms with Crippen molar-refractivity contribution in [2.45, 2.75) is 36.9 Å². The third-order valence-corrected chi connectivity index (χ3v) is 13.9. The molecule has 2 aromatic carbocycles. The summed E-state index contributed by atoms with van der Waals surface area (Å²) in [6.07, 6.45) is 6.50. The highest BCUT2D eigenvalue weighted by atomic mass is 32.2. The summed E-state index contributed by atoms with van der Waals surface area (Å²) in [6.45, 7) is 6.86. The summed E-state index contributed by atoms with van der Waals surface area (Å²) in [4.78, 5) is 78.7. The topological polar surface area (TPSA) is 307 Å². The number of ether oxygens (including phenoxy) is 5. The van der Waals surface area contributed by atoms with Crippen LogP contribution < -0.4 is 21.7 Å². The van der Waals surface area contributed by atoms with Gasteiger partial charge in [0.05, 0.1) is 118 Å². The molecule has 0 aliphatic carbocycles. The Hall–Kier alpha value is -7.17. The Kier molecular flexibility index (Phi) is 18.4. The Morgan fingerprint density at radius 3 is 2.16 bits per heavy atom. The van der Waals surface area contributed by atoms with Crippen LogP contribution in [0.15, 0.2) is 84.3 Å². The van der Waals surface area contributed by atoms with Gasteiger partial charge < -0.3 is 40.1 Å². The highest BCUT2D eigenvalue weighted by molar-refractivity contribution is 7.89. The molecule has 0 bridgehead atoms. The fraction of sp³-hybridized carbons (Fsp3) is 0.417. The van der Waals surface area contributed by atoms with E-state index in [1.165, 1.54) is 28.8 Å². The number of anilines is 3. The Bertz CT molecular complexity index is 2870. The zero-order valence-corrected chi connectivity index (χ0v) is 41.2. The number of nitrogen functional groups attached to an aromatic ring is 1. The third-order valence-electron chi connectivity index (χ3n) is 12.0. The number of sulfonamides is 1. The van der Waals surface area contributed by atoms with Gasteiger partial charge in [-0.05, 0) is 42.8 Å². The van der Waals surface area contributed by atoms with Crippen LogP contribution in [0.5, 0.6) is 0 Å². The molecule has 0 saturated carbocycles. The maximum atomic E-state index is 13.6. The lowest BCUT2D eigenvalue weighted by Crippen LogP contribution is -2.54. The molecule has 5 aromatic rings. The van der Waals surface area contributed by atoms with Gasteiger partial charge in [0.25, 0.3) is 17.7 Å². The summed E-state index contributed by atoms with van der Waals surface area (Å²) in [7, 11) is -3.77. The van der Waals surface area contributed by atoms with Crippen molar-refractivity contribution in [2.24, 2.45) is 0 Å². The van der Waals surface area contributed by atoms with Crippen LogP contribution in [0.4, 0.5) is 17.2 Å². The van der Waals surface area contributed by atoms with Gasteiger partial charge in [0.2, 0.25) is 21.8 Å². The predicted octanol–water partition coefficient (Wildman–Crippen LogP) is 1.07. The van der Waals surface area contributed by atoms with E-state index in [1.807, 2.05) is 6.20 Å². The van der Waals surface area contributed by atoms with Gasteiger partial charge in [-0.1, -0.05) is 23.4 Å². The van der Waals surface area contributed by atoms with Crippen LogP contribution in [0.3, 0.4) is 0 Å². The number of nitrogens with zero attached hydrogens (tertiary/aromatic N) is 9. The first-order valence-electron chi connectivity index (χ1n) is 24.0. The smallest absolute Gasteiger partial charge is 0.278 e. The summed E-state index contributed by atoms with van der Waals surface area (Å²) < 4.78 is 58.3. The Balaban J connectivity index is 0.620. The molecule has 3 aliphatic heterocycles. The van der Waals surface area contributed by atoms with Crippen molar-refractivity contribution < 1.29 is 56.1 Å². The van der Waals surface area contributed by atoms with Crippen molar-refractivity contribution in [3.63, 3.8) is 0 Å². The molecule has 2 fully saturated rings. The monoisotopic (exact) mass is 1040 g/mol. The molecule has 5 amide bonds. The predicted molar refractivity (Wildman–Crippen MR) is 264 cm³/mol. The van der Waals surface area contributed by atoms with E-state index in [-0.39, 0.29) is 40.4 Å². The van der Waals surface area contributed by atoms with Crippen molar-refractivity contribution in [1.29, 1.82) is 0 Å². The third kappa shape index (κ3) is 13.7. The molecule has 26 heteroatoms. The average Bonchev–Trinajstić information content (AvgIpc) is 3.96. The Morgan fingerprint density at radius 1 is 0.797 bits per heavy atom. The van der Waals surface area contributed by atoms with Crippen LogP contribution in [-0.2, 0) is 56.4 Å². The molecular formula is C48H57N13O12S. The second kappa shape index (κ2) is 25.7. The minimum Gasteiger partial charge on any atom is -0.382 e. The van der Waals surface area contributed by atoms with Crippen molar-refractivity contribution >= 4 is 56.8 Å². The molecule has 5 N–H and O–H groups in total. The van der Waals surface area contributed by atoms with E-state index in [4.69, 9.17) is 29.4 Å².